The number of likely N-dealkylation sites (tertiary alicyclic amines) is 1. The Morgan fingerprint density at radius 3 is 2.83 bits per heavy atom. The predicted octanol–water partition coefficient (Wildman–Crippen LogP) is 2.43. The first-order valence-corrected chi connectivity index (χ1v) is 9.50. The van der Waals surface area contributed by atoms with Gasteiger partial charge in [0, 0.05) is 44.1 Å². The van der Waals surface area contributed by atoms with Gasteiger partial charge in [-0.15, -0.1) is 0 Å². The minimum absolute atomic E-state index is 0.0241. The molecule has 1 N–H and O–H groups in total. The summed E-state index contributed by atoms with van der Waals surface area (Å²) >= 11 is 1.67. The minimum atomic E-state index is 0.0241. The van der Waals surface area contributed by atoms with E-state index in [1.165, 1.54) is 5.56 Å². The summed E-state index contributed by atoms with van der Waals surface area (Å²) in [7, 11) is 0. The van der Waals surface area contributed by atoms with Crippen LogP contribution in [0.1, 0.15) is 37.7 Å². The van der Waals surface area contributed by atoms with E-state index in [0.717, 1.165) is 32.2 Å². The Morgan fingerprint density at radius 2 is 2.17 bits per heavy atom. The predicted molar refractivity (Wildman–Crippen MR) is 89.1 cm³/mol. The van der Waals surface area contributed by atoms with Crippen LogP contribution >= 0.6 is 11.3 Å². The molecule has 0 aromatic carbocycles. The van der Waals surface area contributed by atoms with Crippen LogP contribution in [-0.4, -0.2) is 46.9 Å². The van der Waals surface area contributed by atoms with E-state index >= 15 is 0 Å². The zero-order valence-electron chi connectivity index (χ0n) is 13.2. The van der Waals surface area contributed by atoms with Crippen LogP contribution < -0.4 is 5.32 Å². The van der Waals surface area contributed by atoms with Gasteiger partial charge in [0.2, 0.25) is 5.91 Å². The third kappa shape index (κ3) is 3.52. The molecule has 2 aliphatic carbocycles. The molecule has 0 spiro atoms. The Balaban J connectivity index is 1.29. The largest absolute Gasteiger partial charge is 0.339 e. The zero-order valence-corrected chi connectivity index (χ0v) is 14.1. The molecule has 0 unspecified atom stereocenters. The number of rotatable bonds is 6. The second kappa shape index (κ2) is 6.15. The number of amides is 3. The van der Waals surface area contributed by atoms with Crippen LogP contribution in [0.2, 0.25) is 0 Å². The zero-order chi connectivity index (χ0) is 15.8. The lowest BCUT2D eigenvalue weighted by molar-refractivity contribution is -0.128. The fourth-order valence-corrected chi connectivity index (χ4v) is 4.01. The second-order valence-corrected chi connectivity index (χ2v) is 7.80. The maximum atomic E-state index is 12.5. The quantitative estimate of drug-likeness (QED) is 0.869. The molecular weight excluding hydrogens is 310 g/mol. The second-order valence-electron chi connectivity index (χ2n) is 7.02. The van der Waals surface area contributed by atoms with E-state index < -0.39 is 0 Å². The molecule has 23 heavy (non-hydrogen) atoms. The van der Waals surface area contributed by atoms with E-state index in [1.54, 1.807) is 11.3 Å². The first kappa shape index (κ1) is 15.0. The van der Waals surface area contributed by atoms with Crippen LogP contribution in [-0.2, 0) is 11.3 Å². The molecule has 1 aromatic rings. The van der Waals surface area contributed by atoms with Crippen molar-refractivity contribution in [1.82, 2.24) is 15.1 Å². The molecule has 1 aromatic heterocycles. The smallest absolute Gasteiger partial charge is 0.317 e. The minimum Gasteiger partial charge on any atom is -0.339 e. The lowest BCUT2D eigenvalue weighted by Crippen LogP contribution is -2.43. The van der Waals surface area contributed by atoms with Crippen molar-refractivity contribution in [2.24, 2.45) is 5.92 Å². The lowest BCUT2D eigenvalue weighted by atomic mass is 10.1. The Bertz CT molecular complexity index is 581. The van der Waals surface area contributed by atoms with Crippen molar-refractivity contribution in [2.75, 3.05) is 13.1 Å². The molecule has 124 valence electrons. The van der Waals surface area contributed by atoms with E-state index in [2.05, 4.69) is 22.1 Å². The summed E-state index contributed by atoms with van der Waals surface area (Å²) in [6.07, 6.45) is 5.11. The highest BCUT2D eigenvalue weighted by Gasteiger charge is 2.39. The highest BCUT2D eigenvalue weighted by atomic mass is 32.1. The van der Waals surface area contributed by atoms with Crippen LogP contribution in [0, 0.1) is 5.92 Å². The molecule has 1 atom stereocenters. The number of carbonyl (C=O) groups is 2. The first-order chi connectivity index (χ1) is 11.2. The summed E-state index contributed by atoms with van der Waals surface area (Å²) in [5, 5.41) is 7.22. The SMILES string of the molecule is O=C1C[C@@H](CNC(=O)N(Cc2ccsc2)C2CC2)CN1C1CC1. The van der Waals surface area contributed by atoms with Gasteiger partial charge in [-0.05, 0) is 48.1 Å². The van der Waals surface area contributed by atoms with Crippen LogP contribution in [0.3, 0.4) is 0 Å². The van der Waals surface area contributed by atoms with E-state index in [1.807, 2.05) is 9.80 Å². The summed E-state index contributed by atoms with van der Waals surface area (Å²) in [5.41, 5.74) is 1.20. The molecular formula is C17H23N3O2S. The highest BCUT2D eigenvalue weighted by molar-refractivity contribution is 7.07. The monoisotopic (exact) mass is 333 g/mol. The molecule has 0 bridgehead atoms. The summed E-state index contributed by atoms with van der Waals surface area (Å²) in [4.78, 5) is 28.5. The number of hydrogen-bond acceptors (Lipinski definition) is 3. The van der Waals surface area contributed by atoms with Gasteiger partial charge in [-0.25, -0.2) is 4.79 Å². The fraction of sp³-hybridized carbons (Fsp3) is 0.647. The Labute approximate surface area is 140 Å². The third-order valence-corrected chi connectivity index (χ3v) is 5.68. The standard InChI is InChI=1S/C17H23N3O2S/c21-16-7-13(10-19(16)14-1-2-14)8-18-17(22)20(15-3-4-15)9-12-5-6-23-11-12/h5-6,11,13-15H,1-4,7-10H2,(H,18,22)/t13-/m0/s1. The number of nitrogens with one attached hydrogen (secondary N) is 1. The van der Waals surface area contributed by atoms with Gasteiger partial charge in [0.1, 0.15) is 0 Å². The number of thiophene rings is 1. The Hall–Kier alpha value is -1.56. The van der Waals surface area contributed by atoms with Gasteiger partial charge in [-0.3, -0.25) is 4.79 Å². The molecule has 2 saturated carbocycles. The van der Waals surface area contributed by atoms with E-state index in [9.17, 15) is 9.59 Å². The van der Waals surface area contributed by atoms with Gasteiger partial charge in [0.05, 0.1) is 0 Å². The van der Waals surface area contributed by atoms with Gasteiger partial charge in [-0.1, -0.05) is 0 Å². The van der Waals surface area contributed by atoms with Crippen molar-refractivity contribution in [3.8, 4) is 0 Å². The summed E-state index contributed by atoms with van der Waals surface area (Å²) in [6.45, 7) is 2.12. The van der Waals surface area contributed by atoms with Crippen molar-refractivity contribution < 1.29 is 9.59 Å². The molecule has 1 aliphatic heterocycles. The lowest BCUT2D eigenvalue weighted by Gasteiger charge is -2.23. The summed E-state index contributed by atoms with van der Waals surface area (Å²) in [6, 6.07) is 2.99. The van der Waals surface area contributed by atoms with Gasteiger partial charge >= 0.3 is 6.03 Å². The van der Waals surface area contributed by atoms with Crippen LogP contribution in [0.25, 0.3) is 0 Å². The molecule has 0 radical (unpaired) electrons. The molecule has 3 amide bonds. The molecule has 2 heterocycles. The topological polar surface area (TPSA) is 52.7 Å². The van der Waals surface area contributed by atoms with Crippen molar-refractivity contribution in [1.29, 1.82) is 0 Å². The number of carbonyl (C=O) groups excluding carboxylic acids is 2. The fourth-order valence-electron chi connectivity index (χ4n) is 3.35. The van der Waals surface area contributed by atoms with E-state index in [0.29, 0.717) is 31.6 Å². The molecule has 1 saturated heterocycles. The normalized spacial score (nSPS) is 24.1. The number of nitrogens with zero attached hydrogens (tertiary/aromatic N) is 2. The number of hydrogen-bond donors (Lipinski definition) is 1. The molecule has 3 aliphatic rings. The average molecular weight is 333 g/mol. The van der Waals surface area contributed by atoms with Gasteiger partial charge in [-0.2, -0.15) is 11.3 Å². The highest BCUT2D eigenvalue weighted by Crippen LogP contribution is 2.32. The van der Waals surface area contributed by atoms with Crippen LogP contribution in [0.4, 0.5) is 4.79 Å². The van der Waals surface area contributed by atoms with E-state index in [4.69, 9.17) is 0 Å². The molecule has 6 heteroatoms. The molecule has 4 rings (SSSR count). The van der Waals surface area contributed by atoms with Crippen LogP contribution in [0.5, 0.6) is 0 Å². The van der Waals surface area contributed by atoms with Crippen molar-refractivity contribution in [2.45, 2.75) is 50.7 Å². The first-order valence-electron chi connectivity index (χ1n) is 8.55. The Morgan fingerprint density at radius 1 is 1.35 bits per heavy atom. The summed E-state index contributed by atoms with van der Waals surface area (Å²) in [5.74, 6) is 0.540. The van der Waals surface area contributed by atoms with Gasteiger partial charge in [0.15, 0.2) is 0 Å². The average Bonchev–Trinajstić information content (AvgIpc) is 3.47. The Kier molecular flexibility index (Phi) is 4.01. The maximum absolute atomic E-state index is 12.5. The van der Waals surface area contributed by atoms with Crippen LogP contribution in [0.15, 0.2) is 16.8 Å². The third-order valence-electron chi connectivity index (χ3n) is 4.95. The number of urea groups is 1. The van der Waals surface area contributed by atoms with Gasteiger partial charge < -0.3 is 15.1 Å². The molecule has 5 nitrogen and oxygen atoms in total. The van der Waals surface area contributed by atoms with Crippen molar-refractivity contribution in [3.05, 3.63) is 22.4 Å². The summed E-state index contributed by atoms with van der Waals surface area (Å²) < 4.78 is 0. The van der Waals surface area contributed by atoms with E-state index in [-0.39, 0.29) is 17.9 Å². The van der Waals surface area contributed by atoms with Gasteiger partial charge in [0.25, 0.3) is 0 Å². The van der Waals surface area contributed by atoms with Crippen molar-refractivity contribution >= 4 is 23.3 Å². The molecule has 3 fully saturated rings. The maximum Gasteiger partial charge on any atom is 0.317 e. The van der Waals surface area contributed by atoms with Crippen molar-refractivity contribution in [3.63, 3.8) is 0 Å².